The molecule has 0 aliphatic rings. The van der Waals surface area contributed by atoms with Gasteiger partial charge in [-0.1, -0.05) is 23.2 Å². The molecule has 0 unspecified atom stereocenters. The van der Waals surface area contributed by atoms with Gasteiger partial charge in [0.1, 0.15) is 0 Å². The molecule has 0 atom stereocenters. The summed E-state index contributed by atoms with van der Waals surface area (Å²) in [6.45, 7) is -0.389. The summed E-state index contributed by atoms with van der Waals surface area (Å²) in [4.78, 5) is 9.46. The topological polar surface area (TPSA) is 29.1 Å². The molecular formula is C3H4Cl2FNO. The highest BCUT2D eigenvalue weighted by Crippen LogP contribution is 2.20. The van der Waals surface area contributed by atoms with Crippen molar-refractivity contribution in [2.24, 2.45) is 0 Å². The fourth-order valence-electron chi connectivity index (χ4n) is 0.157. The van der Waals surface area contributed by atoms with Crippen LogP contribution >= 0.6 is 23.2 Å². The predicted molar refractivity (Wildman–Crippen MR) is 29.6 cm³/mol. The van der Waals surface area contributed by atoms with Gasteiger partial charge in [-0.2, -0.15) is 0 Å². The van der Waals surface area contributed by atoms with Gasteiger partial charge in [0.05, 0.1) is 6.54 Å². The molecule has 0 bridgehead atoms. The van der Waals surface area contributed by atoms with Crippen molar-refractivity contribution in [2.45, 2.75) is 4.59 Å². The number of halogens is 3. The molecule has 0 saturated carbocycles. The number of carbonyl (C=O) groups is 1. The van der Waals surface area contributed by atoms with Gasteiger partial charge in [0.15, 0.2) is 0 Å². The molecule has 0 radical (unpaired) electrons. The highest BCUT2D eigenvalue weighted by molar-refractivity contribution is 6.47. The lowest BCUT2D eigenvalue weighted by molar-refractivity contribution is -0.109. The average Bonchev–Trinajstić information content (AvgIpc) is 1.59. The minimum atomic E-state index is -2.35. The SMILES string of the molecule is O=CNCC(F)(Cl)Cl. The van der Waals surface area contributed by atoms with Gasteiger partial charge in [-0.15, -0.1) is 0 Å². The molecule has 8 heavy (non-hydrogen) atoms. The van der Waals surface area contributed by atoms with Crippen LogP contribution in [0.5, 0.6) is 0 Å². The van der Waals surface area contributed by atoms with Crippen LogP contribution in [0.2, 0.25) is 0 Å². The van der Waals surface area contributed by atoms with E-state index in [0.29, 0.717) is 6.41 Å². The minimum absolute atomic E-state index is 0.319. The van der Waals surface area contributed by atoms with E-state index in [-0.39, 0.29) is 6.54 Å². The number of carbonyl (C=O) groups excluding carboxylic acids is 1. The molecule has 0 aromatic rings. The van der Waals surface area contributed by atoms with E-state index in [1.165, 1.54) is 0 Å². The van der Waals surface area contributed by atoms with Crippen molar-refractivity contribution in [1.29, 1.82) is 0 Å². The first kappa shape index (κ1) is 7.98. The lowest BCUT2D eigenvalue weighted by atomic mass is 10.7. The maximum Gasteiger partial charge on any atom is 0.274 e. The van der Waals surface area contributed by atoms with E-state index in [1.807, 2.05) is 5.32 Å². The second kappa shape index (κ2) is 3.10. The number of rotatable bonds is 3. The number of amides is 1. The van der Waals surface area contributed by atoms with Crippen molar-refractivity contribution < 1.29 is 9.18 Å². The van der Waals surface area contributed by atoms with Crippen molar-refractivity contribution in [3.05, 3.63) is 0 Å². The summed E-state index contributed by atoms with van der Waals surface area (Å²) in [5, 5.41) is 1.97. The number of hydrogen-bond acceptors (Lipinski definition) is 1. The lowest BCUT2D eigenvalue weighted by Crippen LogP contribution is -2.25. The van der Waals surface area contributed by atoms with Crippen LogP contribution < -0.4 is 5.32 Å². The van der Waals surface area contributed by atoms with E-state index in [2.05, 4.69) is 0 Å². The van der Waals surface area contributed by atoms with Crippen LogP contribution in [0.1, 0.15) is 0 Å². The van der Waals surface area contributed by atoms with Gasteiger partial charge in [-0.3, -0.25) is 4.79 Å². The lowest BCUT2D eigenvalue weighted by Gasteiger charge is -2.05. The van der Waals surface area contributed by atoms with Gasteiger partial charge in [0.2, 0.25) is 6.41 Å². The summed E-state index contributed by atoms with van der Waals surface area (Å²) in [5.41, 5.74) is 0. The number of hydrogen-bond donors (Lipinski definition) is 1. The maximum absolute atomic E-state index is 11.9. The molecular weight excluding hydrogens is 156 g/mol. The molecule has 2 nitrogen and oxygen atoms in total. The highest BCUT2D eigenvalue weighted by atomic mass is 35.5. The summed E-state index contributed by atoms with van der Waals surface area (Å²) >= 11 is 9.58. The zero-order valence-corrected chi connectivity index (χ0v) is 5.34. The first-order chi connectivity index (χ1) is 3.56. The Hall–Kier alpha value is -0.0200. The Morgan fingerprint density at radius 3 is 2.38 bits per heavy atom. The van der Waals surface area contributed by atoms with Crippen molar-refractivity contribution in [3.8, 4) is 0 Å². The van der Waals surface area contributed by atoms with Crippen molar-refractivity contribution in [3.63, 3.8) is 0 Å². The summed E-state index contributed by atoms with van der Waals surface area (Å²) in [5.74, 6) is 0. The molecule has 5 heteroatoms. The van der Waals surface area contributed by atoms with Crippen LogP contribution in [-0.2, 0) is 4.79 Å². The van der Waals surface area contributed by atoms with E-state index in [0.717, 1.165) is 0 Å². The Kier molecular flexibility index (Phi) is 3.09. The quantitative estimate of drug-likeness (QED) is 0.480. The first-order valence-corrected chi connectivity index (χ1v) is 2.55. The number of nitrogens with one attached hydrogen (secondary N) is 1. The van der Waals surface area contributed by atoms with Crippen LogP contribution in [0.25, 0.3) is 0 Å². The Morgan fingerprint density at radius 2 is 2.25 bits per heavy atom. The Morgan fingerprint density at radius 1 is 1.75 bits per heavy atom. The van der Waals surface area contributed by atoms with Crippen molar-refractivity contribution in [2.75, 3.05) is 6.54 Å². The van der Waals surface area contributed by atoms with Crippen LogP contribution in [0.15, 0.2) is 0 Å². The zero-order chi connectivity index (χ0) is 6.62. The molecule has 0 aliphatic heterocycles. The molecule has 0 aromatic heterocycles. The molecule has 0 aliphatic carbocycles. The van der Waals surface area contributed by atoms with Crippen molar-refractivity contribution in [1.82, 2.24) is 5.32 Å². The molecule has 0 fully saturated rings. The molecule has 0 aromatic carbocycles. The van der Waals surface area contributed by atoms with E-state index < -0.39 is 4.59 Å². The smallest absolute Gasteiger partial charge is 0.274 e. The fourth-order valence-corrected chi connectivity index (χ4v) is 0.312. The highest BCUT2D eigenvalue weighted by Gasteiger charge is 2.20. The van der Waals surface area contributed by atoms with E-state index >= 15 is 0 Å². The van der Waals surface area contributed by atoms with Crippen LogP contribution in [0.4, 0.5) is 4.39 Å². The molecule has 0 spiro atoms. The fraction of sp³-hybridized carbons (Fsp3) is 0.667. The summed E-state index contributed by atoms with van der Waals surface area (Å²) in [6, 6.07) is 0. The summed E-state index contributed by atoms with van der Waals surface area (Å²) in [7, 11) is 0. The maximum atomic E-state index is 11.9. The number of alkyl halides is 3. The molecule has 1 N–H and O–H groups in total. The molecule has 0 rings (SSSR count). The second-order valence-electron chi connectivity index (χ2n) is 1.11. The molecule has 48 valence electrons. The van der Waals surface area contributed by atoms with E-state index in [9.17, 15) is 9.18 Å². The molecule has 0 saturated heterocycles. The van der Waals surface area contributed by atoms with Gasteiger partial charge in [0, 0.05) is 0 Å². The second-order valence-corrected chi connectivity index (χ2v) is 2.51. The van der Waals surface area contributed by atoms with Gasteiger partial charge in [-0.05, 0) is 0 Å². The zero-order valence-electron chi connectivity index (χ0n) is 3.83. The minimum Gasteiger partial charge on any atom is -0.353 e. The monoisotopic (exact) mass is 159 g/mol. The third kappa shape index (κ3) is 5.98. The van der Waals surface area contributed by atoms with Crippen LogP contribution in [-0.4, -0.2) is 17.5 Å². The van der Waals surface area contributed by atoms with Gasteiger partial charge in [-0.25, -0.2) is 4.39 Å². The Balaban J connectivity index is 3.24. The third-order valence-corrected chi connectivity index (χ3v) is 0.653. The standard InChI is InChI=1S/C3H4Cl2FNO/c4-3(5,6)1-7-2-8/h2H,1H2,(H,7,8). The third-order valence-electron chi connectivity index (χ3n) is 0.386. The normalized spacial score (nSPS) is 10.9. The van der Waals surface area contributed by atoms with Gasteiger partial charge >= 0.3 is 0 Å². The summed E-state index contributed by atoms with van der Waals surface area (Å²) < 4.78 is 9.54. The van der Waals surface area contributed by atoms with Crippen LogP contribution in [0.3, 0.4) is 0 Å². The average molecular weight is 160 g/mol. The van der Waals surface area contributed by atoms with E-state index in [1.54, 1.807) is 0 Å². The summed E-state index contributed by atoms with van der Waals surface area (Å²) in [6.07, 6.45) is 0.319. The van der Waals surface area contributed by atoms with Crippen molar-refractivity contribution >= 4 is 29.6 Å². The van der Waals surface area contributed by atoms with Gasteiger partial charge in [0.25, 0.3) is 4.59 Å². The van der Waals surface area contributed by atoms with Crippen LogP contribution in [0, 0.1) is 0 Å². The first-order valence-electron chi connectivity index (χ1n) is 1.80. The van der Waals surface area contributed by atoms with Gasteiger partial charge < -0.3 is 5.32 Å². The largest absolute Gasteiger partial charge is 0.353 e. The Bertz CT molecular complexity index is 81.8. The molecule has 1 amide bonds. The predicted octanol–water partition coefficient (Wildman–Crippen LogP) is 0.833. The Labute approximate surface area is 56.0 Å². The van der Waals surface area contributed by atoms with E-state index in [4.69, 9.17) is 23.2 Å². The molecule has 0 heterocycles.